The van der Waals surface area contributed by atoms with Crippen molar-refractivity contribution >= 4 is 24.1 Å². The van der Waals surface area contributed by atoms with Crippen LogP contribution in [0.15, 0.2) is 30.4 Å². The number of ether oxygens (including phenoxy) is 2. The Balaban J connectivity index is 2.68. The summed E-state index contributed by atoms with van der Waals surface area (Å²) in [5.41, 5.74) is 2.81. The van der Waals surface area contributed by atoms with Gasteiger partial charge in [0, 0.05) is 12.2 Å². The predicted octanol–water partition coefficient (Wildman–Crippen LogP) is 4.71. The van der Waals surface area contributed by atoms with Gasteiger partial charge in [-0.3, -0.25) is 0 Å². The fourth-order valence-corrected chi connectivity index (χ4v) is 2.08. The van der Waals surface area contributed by atoms with Crippen LogP contribution in [0.5, 0.6) is 0 Å². The summed E-state index contributed by atoms with van der Waals surface area (Å²) in [7, 11) is 0. The zero-order chi connectivity index (χ0) is 18.5. The number of rotatable bonds is 10. The molecule has 0 aliphatic heterocycles. The van der Waals surface area contributed by atoms with E-state index in [1.807, 2.05) is 39.0 Å². The van der Waals surface area contributed by atoms with E-state index in [2.05, 4.69) is 0 Å². The topological polar surface area (TPSA) is 52.6 Å². The maximum absolute atomic E-state index is 11.6. The second-order valence-electron chi connectivity index (χ2n) is 5.77. The minimum absolute atomic E-state index is 0.340. The van der Waals surface area contributed by atoms with Gasteiger partial charge in [-0.2, -0.15) is 0 Å². The van der Waals surface area contributed by atoms with Crippen molar-refractivity contribution in [2.45, 2.75) is 46.5 Å². The lowest BCUT2D eigenvalue weighted by atomic mass is 10.0. The van der Waals surface area contributed by atoms with Crippen LogP contribution in [0.4, 0.5) is 0 Å². The Morgan fingerprint density at radius 2 is 1.32 bits per heavy atom. The van der Waals surface area contributed by atoms with E-state index in [1.165, 1.54) is 12.2 Å². The molecule has 0 saturated carbocycles. The molecule has 1 rings (SSSR count). The lowest BCUT2D eigenvalue weighted by molar-refractivity contribution is -0.138. The molecule has 0 aliphatic carbocycles. The molecule has 0 bridgehead atoms. The van der Waals surface area contributed by atoms with Crippen LogP contribution in [0.25, 0.3) is 12.2 Å². The number of hydrogen-bond acceptors (Lipinski definition) is 4. The highest BCUT2D eigenvalue weighted by Crippen LogP contribution is 2.17. The maximum atomic E-state index is 11.6. The van der Waals surface area contributed by atoms with E-state index >= 15 is 0 Å². The highest BCUT2D eigenvalue weighted by atomic mass is 16.5. The van der Waals surface area contributed by atoms with E-state index in [-0.39, 0.29) is 11.9 Å². The molecule has 0 radical (unpaired) electrons. The Hall–Kier alpha value is -2.36. The summed E-state index contributed by atoms with van der Waals surface area (Å²) in [5.74, 6) is -0.679. The van der Waals surface area contributed by atoms with Gasteiger partial charge >= 0.3 is 11.9 Å². The molecular formula is C21H28O4. The van der Waals surface area contributed by atoms with Crippen molar-refractivity contribution in [1.29, 1.82) is 0 Å². The normalized spacial score (nSPS) is 11.2. The van der Waals surface area contributed by atoms with Crippen LogP contribution < -0.4 is 0 Å². The fourth-order valence-electron chi connectivity index (χ4n) is 2.08. The summed E-state index contributed by atoms with van der Waals surface area (Å²) in [6.45, 7) is 6.94. The van der Waals surface area contributed by atoms with Crippen molar-refractivity contribution in [3.05, 3.63) is 47.0 Å². The monoisotopic (exact) mass is 344 g/mol. The van der Waals surface area contributed by atoms with Crippen molar-refractivity contribution in [3.63, 3.8) is 0 Å². The summed E-state index contributed by atoms with van der Waals surface area (Å²) in [5, 5.41) is 0. The lowest BCUT2D eigenvalue weighted by Gasteiger charge is -2.05. The summed E-state index contributed by atoms with van der Waals surface area (Å²) in [4.78, 5) is 23.3. The van der Waals surface area contributed by atoms with E-state index in [0.717, 1.165) is 42.4 Å². The van der Waals surface area contributed by atoms with Crippen LogP contribution in [0.1, 0.15) is 56.2 Å². The van der Waals surface area contributed by atoms with Gasteiger partial charge in [0.15, 0.2) is 0 Å². The standard InChI is InChI=1S/C21H28O4/c1-4-6-15-24-20(22)13-11-18-9-8-10-19(17(18)3)12-14-21(23)25-16-7-5-2/h8-14H,4-7,15-16H2,1-3H3/b13-11+,14-12+. The lowest BCUT2D eigenvalue weighted by Crippen LogP contribution is -2.02. The molecule has 0 fully saturated rings. The van der Waals surface area contributed by atoms with Crippen molar-refractivity contribution in [2.24, 2.45) is 0 Å². The van der Waals surface area contributed by atoms with Crippen LogP contribution in [-0.4, -0.2) is 25.2 Å². The first-order valence-corrected chi connectivity index (χ1v) is 8.87. The molecule has 4 nitrogen and oxygen atoms in total. The van der Waals surface area contributed by atoms with Crippen molar-refractivity contribution in [2.75, 3.05) is 13.2 Å². The van der Waals surface area contributed by atoms with Gasteiger partial charge in [-0.25, -0.2) is 9.59 Å². The predicted molar refractivity (Wildman–Crippen MR) is 101 cm³/mol. The Kier molecular flexibility index (Phi) is 9.98. The summed E-state index contributed by atoms with van der Waals surface area (Å²) in [6, 6.07) is 5.72. The van der Waals surface area contributed by atoms with Crippen LogP contribution in [0.2, 0.25) is 0 Å². The Labute approximate surface area is 150 Å². The quantitative estimate of drug-likeness (QED) is 0.350. The molecule has 0 N–H and O–H groups in total. The Morgan fingerprint density at radius 1 is 0.880 bits per heavy atom. The summed E-state index contributed by atoms with van der Waals surface area (Å²) in [6.07, 6.45) is 10.1. The summed E-state index contributed by atoms with van der Waals surface area (Å²) < 4.78 is 10.2. The molecule has 25 heavy (non-hydrogen) atoms. The number of carbonyl (C=O) groups is 2. The molecule has 0 atom stereocenters. The van der Waals surface area contributed by atoms with Crippen molar-refractivity contribution in [3.8, 4) is 0 Å². The first-order valence-electron chi connectivity index (χ1n) is 8.87. The van der Waals surface area contributed by atoms with Gasteiger partial charge in [-0.1, -0.05) is 44.9 Å². The number of hydrogen-bond donors (Lipinski definition) is 0. The SMILES string of the molecule is CCCCOC(=O)/C=C/c1cccc(/C=C/C(=O)OCCCC)c1C. The first-order chi connectivity index (χ1) is 12.1. The molecule has 0 aliphatic rings. The van der Waals surface area contributed by atoms with Crippen molar-refractivity contribution in [1.82, 2.24) is 0 Å². The molecule has 0 amide bonds. The minimum atomic E-state index is -0.340. The third kappa shape index (κ3) is 8.34. The van der Waals surface area contributed by atoms with E-state index < -0.39 is 0 Å². The van der Waals surface area contributed by atoms with Gasteiger partial charge in [0.1, 0.15) is 0 Å². The first kappa shape index (κ1) is 20.7. The van der Waals surface area contributed by atoms with Gasteiger partial charge < -0.3 is 9.47 Å². The fraction of sp³-hybridized carbons (Fsp3) is 0.429. The second-order valence-corrected chi connectivity index (χ2v) is 5.77. The van der Waals surface area contributed by atoms with Gasteiger partial charge in [0.05, 0.1) is 13.2 Å². The average Bonchev–Trinajstić information content (AvgIpc) is 2.60. The van der Waals surface area contributed by atoms with Crippen LogP contribution in [0.3, 0.4) is 0 Å². The highest BCUT2D eigenvalue weighted by molar-refractivity contribution is 5.89. The molecule has 0 heterocycles. The minimum Gasteiger partial charge on any atom is -0.463 e. The molecule has 1 aromatic carbocycles. The molecule has 0 aromatic heterocycles. The third-order valence-corrected chi connectivity index (χ3v) is 3.70. The van der Waals surface area contributed by atoms with Crippen molar-refractivity contribution < 1.29 is 19.1 Å². The zero-order valence-electron chi connectivity index (χ0n) is 15.4. The second kappa shape index (κ2) is 12.1. The Bertz CT molecular complexity index is 564. The maximum Gasteiger partial charge on any atom is 0.330 e. The largest absolute Gasteiger partial charge is 0.463 e. The summed E-state index contributed by atoms with van der Waals surface area (Å²) >= 11 is 0. The molecule has 4 heteroatoms. The molecule has 0 spiro atoms. The van der Waals surface area contributed by atoms with E-state index in [1.54, 1.807) is 12.2 Å². The zero-order valence-corrected chi connectivity index (χ0v) is 15.4. The van der Waals surface area contributed by atoms with Gasteiger partial charge in [-0.05, 0) is 48.6 Å². The number of esters is 2. The molecule has 0 saturated heterocycles. The van der Waals surface area contributed by atoms with Crippen LogP contribution >= 0.6 is 0 Å². The molecule has 0 unspecified atom stereocenters. The van der Waals surface area contributed by atoms with E-state index in [4.69, 9.17) is 9.47 Å². The molecular weight excluding hydrogens is 316 g/mol. The van der Waals surface area contributed by atoms with Crippen LogP contribution in [0, 0.1) is 6.92 Å². The van der Waals surface area contributed by atoms with Gasteiger partial charge in [0.2, 0.25) is 0 Å². The Morgan fingerprint density at radius 3 is 1.72 bits per heavy atom. The molecule has 1 aromatic rings. The average molecular weight is 344 g/mol. The highest BCUT2D eigenvalue weighted by Gasteiger charge is 2.02. The number of carbonyl (C=O) groups excluding carboxylic acids is 2. The number of unbranched alkanes of at least 4 members (excludes halogenated alkanes) is 2. The van der Waals surface area contributed by atoms with Crippen LogP contribution in [-0.2, 0) is 19.1 Å². The van der Waals surface area contributed by atoms with E-state index in [0.29, 0.717) is 13.2 Å². The van der Waals surface area contributed by atoms with Gasteiger partial charge in [0.25, 0.3) is 0 Å². The third-order valence-electron chi connectivity index (χ3n) is 3.70. The smallest absolute Gasteiger partial charge is 0.330 e. The van der Waals surface area contributed by atoms with E-state index in [9.17, 15) is 9.59 Å². The number of benzene rings is 1. The van der Waals surface area contributed by atoms with Gasteiger partial charge in [-0.15, -0.1) is 0 Å². The molecule has 136 valence electrons.